The summed E-state index contributed by atoms with van der Waals surface area (Å²) in [7, 11) is 2.66. The maximum absolute atomic E-state index is 12.5. The lowest BCUT2D eigenvalue weighted by Gasteiger charge is -2.16. The molecule has 0 bridgehead atoms. The number of carbonyl (C=O) groups excluding carboxylic acids is 3. The number of ether oxygens (including phenoxy) is 2. The Morgan fingerprint density at radius 2 is 1.13 bits per heavy atom. The summed E-state index contributed by atoms with van der Waals surface area (Å²) in [5.74, 6) is -1.76. The summed E-state index contributed by atoms with van der Waals surface area (Å²) < 4.78 is 9.47. The maximum Gasteiger partial charge on any atom is 0.316 e. The number of hydrogen-bond acceptors (Lipinski definition) is 5. The van der Waals surface area contributed by atoms with Gasteiger partial charge >= 0.3 is 11.9 Å². The summed E-state index contributed by atoms with van der Waals surface area (Å²) >= 11 is 0. The van der Waals surface area contributed by atoms with Gasteiger partial charge in [0.25, 0.3) is 0 Å². The minimum absolute atomic E-state index is 0.128. The van der Waals surface area contributed by atoms with Crippen molar-refractivity contribution < 1.29 is 23.9 Å². The summed E-state index contributed by atoms with van der Waals surface area (Å²) in [6.07, 6.45) is 17.3. The molecule has 0 saturated heterocycles. The highest BCUT2D eigenvalue weighted by Gasteiger charge is 2.28. The number of unbranched alkanes of at least 4 members (excludes halogenated alkanes) is 12. The molecule has 0 aliphatic carbocycles. The van der Waals surface area contributed by atoms with E-state index in [1.165, 1.54) is 78.4 Å². The van der Waals surface area contributed by atoms with Crippen LogP contribution >= 0.6 is 0 Å². The Balaban J connectivity index is 3.91. The van der Waals surface area contributed by atoms with Gasteiger partial charge in [0, 0.05) is 12.8 Å². The van der Waals surface area contributed by atoms with Crippen LogP contribution in [-0.2, 0) is 23.9 Å². The fourth-order valence-corrected chi connectivity index (χ4v) is 3.84. The van der Waals surface area contributed by atoms with Gasteiger partial charge in [-0.2, -0.15) is 0 Å². The minimum atomic E-state index is -0.706. The third-order valence-corrected chi connectivity index (χ3v) is 5.76. The first-order valence-electron chi connectivity index (χ1n) is 12.1. The lowest BCUT2D eigenvalue weighted by molar-refractivity contribution is -0.150. The Hall–Kier alpha value is -1.39. The molecule has 0 aromatic rings. The SMILES string of the molecule is CCCCCCCCCCCCCCCC(C(=O)CC(C)CC(=O)OC)C(=O)OC. The zero-order valence-electron chi connectivity index (χ0n) is 20.0. The van der Waals surface area contributed by atoms with Gasteiger partial charge in [-0.25, -0.2) is 0 Å². The summed E-state index contributed by atoms with van der Waals surface area (Å²) in [5, 5.41) is 0. The van der Waals surface area contributed by atoms with Crippen molar-refractivity contribution in [2.75, 3.05) is 14.2 Å². The van der Waals surface area contributed by atoms with Crippen LogP contribution in [0.5, 0.6) is 0 Å². The van der Waals surface area contributed by atoms with Gasteiger partial charge in [-0.3, -0.25) is 14.4 Å². The van der Waals surface area contributed by atoms with E-state index in [0.29, 0.717) is 6.42 Å². The lowest BCUT2D eigenvalue weighted by atomic mass is 9.89. The zero-order valence-corrected chi connectivity index (χ0v) is 20.0. The van der Waals surface area contributed by atoms with Gasteiger partial charge in [-0.1, -0.05) is 97.3 Å². The second-order valence-corrected chi connectivity index (χ2v) is 8.66. The quantitative estimate of drug-likeness (QED) is 0.128. The van der Waals surface area contributed by atoms with Crippen LogP contribution < -0.4 is 0 Å². The van der Waals surface area contributed by atoms with Crippen molar-refractivity contribution in [2.45, 2.75) is 117 Å². The summed E-state index contributed by atoms with van der Waals surface area (Å²) in [6, 6.07) is 0. The van der Waals surface area contributed by atoms with E-state index in [0.717, 1.165) is 19.3 Å². The second kappa shape index (κ2) is 19.6. The Kier molecular flexibility index (Phi) is 18.7. The molecular weight excluding hydrogens is 380 g/mol. The van der Waals surface area contributed by atoms with Gasteiger partial charge in [0.05, 0.1) is 14.2 Å². The first-order valence-corrected chi connectivity index (χ1v) is 12.1. The van der Waals surface area contributed by atoms with E-state index in [4.69, 9.17) is 4.74 Å². The van der Waals surface area contributed by atoms with Crippen molar-refractivity contribution in [1.29, 1.82) is 0 Å². The number of Topliss-reactive ketones (excluding diaryl/α,β-unsaturated/α-hetero) is 1. The number of hydrogen-bond donors (Lipinski definition) is 0. The smallest absolute Gasteiger partial charge is 0.316 e. The maximum atomic E-state index is 12.5. The van der Waals surface area contributed by atoms with Crippen molar-refractivity contribution in [2.24, 2.45) is 11.8 Å². The van der Waals surface area contributed by atoms with Gasteiger partial charge in [0.15, 0.2) is 0 Å². The third kappa shape index (κ3) is 15.4. The van der Waals surface area contributed by atoms with Crippen molar-refractivity contribution in [1.82, 2.24) is 0 Å². The summed E-state index contributed by atoms with van der Waals surface area (Å²) in [5.41, 5.74) is 0. The van der Waals surface area contributed by atoms with Crippen molar-refractivity contribution in [3.05, 3.63) is 0 Å². The van der Waals surface area contributed by atoms with Gasteiger partial charge in [0.2, 0.25) is 0 Å². The molecule has 2 unspecified atom stereocenters. The van der Waals surface area contributed by atoms with E-state index in [2.05, 4.69) is 11.7 Å². The van der Waals surface area contributed by atoms with E-state index < -0.39 is 11.9 Å². The molecule has 0 amide bonds. The van der Waals surface area contributed by atoms with Gasteiger partial charge in [-0.05, 0) is 12.3 Å². The molecule has 0 aromatic heterocycles. The molecule has 0 fully saturated rings. The molecule has 0 saturated carbocycles. The van der Waals surface area contributed by atoms with Gasteiger partial charge in [0.1, 0.15) is 11.7 Å². The van der Waals surface area contributed by atoms with Crippen molar-refractivity contribution in [3.8, 4) is 0 Å². The highest BCUT2D eigenvalue weighted by atomic mass is 16.5. The molecule has 5 heteroatoms. The number of ketones is 1. The van der Waals surface area contributed by atoms with E-state index in [9.17, 15) is 14.4 Å². The second-order valence-electron chi connectivity index (χ2n) is 8.66. The molecule has 30 heavy (non-hydrogen) atoms. The molecule has 2 atom stereocenters. The molecule has 0 radical (unpaired) electrons. The molecule has 0 aromatic carbocycles. The van der Waals surface area contributed by atoms with Crippen LogP contribution in [0.15, 0.2) is 0 Å². The molecule has 0 rings (SSSR count). The zero-order chi connectivity index (χ0) is 22.6. The summed E-state index contributed by atoms with van der Waals surface area (Å²) in [6.45, 7) is 4.08. The fraction of sp³-hybridized carbons (Fsp3) is 0.880. The van der Waals surface area contributed by atoms with Crippen LogP contribution in [0.2, 0.25) is 0 Å². The number of esters is 2. The highest BCUT2D eigenvalue weighted by Crippen LogP contribution is 2.20. The van der Waals surface area contributed by atoms with Crippen molar-refractivity contribution in [3.63, 3.8) is 0 Å². The first-order chi connectivity index (χ1) is 14.5. The number of methoxy groups -OCH3 is 2. The highest BCUT2D eigenvalue weighted by molar-refractivity contribution is 5.99. The van der Waals surface area contributed by atoms with Gasteiger partial charge in [-0.15, -0.1) is 0 Å². The predicted octanol–water partition coefficient (Wildman–Crippen LogP) is 6.42. The number of rotatable bonds is 20. The van der Waals surface area contributed by atoms with Crippen molar-refractivity contribution >= 4 is 17.7 Å². The van der Waals surface area contributed by atoms with Crippen LogP contribution in [0, 0.1) is 11.8 Å². The van der Waals surface area contributed by atoms with Gasteiger partial charge < -0.3 is 9.47 Å². The molecule has 0 aliphatic heterocycles. The lowest BCUT2D eigenvalue weighted by Crippen LogP contribution is -2.27. The largest absolute Gasteiger partial charge is 0.469 e. The van der Waals surface area contributed by atoms with E-state index in [1.54, 1.807) is 0 Å². The Labute approximate surface area is 184 Å². The van der Waals surface area contributed by atoms with Crippen LogP contribution in [0.1, 0.15) is 117 Å². The number of carbonyl (C=O) groups is 3. The van der Waals surface area contributed by atoms with Crippen LogP contribution in [-0.4, -0.2) is 31.9 Å². The predicted molar refractivity (Wildman–Crippen MR) is 121 cm³/mol. The molecule has 5 nitrogen and oxygen atoms in total. The molecule has 176 valence electrons. The van der Waals surface area contributed by atoms with Crippen LogP contribution in [0.4, 0.5) is 0 Å². The summed E-state index contributed by atoms with van der Waals surface area (Å²) in [4.78, 5) is 35.9. The molecule has 0 heterocycles. The third-order valence-electron chi connectivity index (χ3n) is 5.76. The molecule has 0 spiro atoms. The Morgan fingerprint density at radius 3 is 1.57 bits per heavy atom. The van der Waals surface area contributed by atoms with E-state index >= 15 is 0 Å². The molecule has 0 N–H and O–H groups in total. The van der Waals surface area contributed by atoms with E-state index in [-0.39, 0.29) is 30.5 Å². The monoisotopic (exact) mass is 426 g/mol. The van der Waals surface area contributed by atoms with Crippen LogP contribution in [0.3, 0.4) is 0 Å². The average Bonchev–Trinajstić information content (AvgIpc) is 2.73. The van der Waals surface area contributed by atoms with E-state index in [1.807, 2.05) is 6.92 Å². The van der Waals surface area contributed by atoms with Crippen LogP contribution in [0.25, 0.3) is 0 Å². The Morgan fingerprint density at radius 1 is 0.667 bits per heavy atom. The standard InChI is InChI=1S/C25H46O5/c1-5-6-7-8-9-10-11-12-13-14-15-16-17-18-22(25(28)30-4)23(26)19-21(2)20-24(27)29-3/h21-22H,5-20H2,1-4H3. The Bertz CT molecular complexity index is 460. The molecular formula is C25H46O5. The first kappa shape index (κ1) is 28.6. The average molecular weight is 427 g/mol. The molecule has 0 aliphatic rings. The minimum Gasteiger partial charge on any atom is -0.469 e. The fourth-order valence-electron chi connectivity index (χ4n) is 3.84. The topological polar surface area (TPSA) is 69.7 Å². The normalized spacial score (nSPS) is 12.9.